The zero-order chi connectivity index (χ0) is 22.7. The fraction of sp³-hybridized carbons (Fsp3) is 0.167. The van der Waals surface area contributed by atoms with Crippen molar-refractivity contribution >= 4 is 31.6 Å². The van der Waals surface area contributed by atoms with E-state index in [-0.39, 0.29) is 11.4 Å². The minimum Gasteiger partial charge on any atom is -0.493 e. The highest BCUT2D eigenvalue weighted by atomic mass is 79.9. The van der Waals surface area contributed by atoms with Crippen LogP contribution in [-0.2, 0) is 16.6 Å². The molecule has 6 nitrogen and oxygen atoms in total. The molecule has 1 atom stereocenters. The molecular weight excluding hydrogens is 492 g/mol. The number of fused-ring (bicyclic) bond motifs is 1. The number of methoxy groups -OCH3 is 1. The quantitative estimate of drug-likeness (QED) is 0.431. The molecule has 0 saturated carbocycles. The molecule has 3 aromatic carbocycles. The molecule has 0 radical (unpaired) electrons. The summed E-state index contributed by atoms with van der Waals surface area (Å²) < 4.78 is 40.7. The van der Waals surface area contributed by atoms with Gasteiger partial charge in [-0.15, -0.1) is 0 Å². The highest BCUT2D eigenvalue weighted by Crippen LogP contribution is 2.43. The molecule has 4 rings (SSSR count). The topological polar surface area (TPSA) is 67.9 Å². The summed E-state index contributed by atoms with van der Waals surface area (Å²) in [5.74, 6) is 1.03. The molecule has 8 heteroatoms. The van der Waals surface area contributed by atoms with Gasteiger partial charge in [-0.2, -0.15) is 4.31 Å². The average molecular weight is 515 g/mol. The Bertz CT molecular complexity index is 1230. The summed E-state index contributed by atoms with van der Waals surface area (Å²) in [5, 5.41) is 3.39. The first kappa shape index (κ1) is 22.4. The summed E-state index contributed by atoms with van der Waals surface area (Å²) in [6.07, 6.45) is 1.00. The number of benzene rings is 3. The monoisotopic (exact) mass is 514 g/mol. The van der Waals surface area contributed by atoms with Crippen molar-refractivity contribution in [2.24, 2.45) is 0 Å². The summed E-state index contributed by atoms with van der Waals surface area (Å²) in [5.41, 5.74) is 2.16. The van der Waals surface area contributed by atoms with Crippen LogP contribution in [0.3, 0.4) is 0 Å². The van der Waals surface area contributed by atoms with E-state index in [1.54, 1.807) is 37.5 Å². The van der Waals surface area contributed by atoms with E-state index in [1.807, 2.05) is 42.5 Å². The molecule has 0 aliphatic carbocycles. The van der Waals surface area contributed by atoms with Crippen LogP contribution in [0, 0.1) is 0 Å². The zero-order valence-electron chi connectivity index (χ0n) is 17.5. The van der Waals surface area contributed by atoms with E-state index in [9.17, 15) is 8.42 Å². The Morgan fingerprint density at radius 1 is 1.12 bits per heavy atom. The number of hydrogen-bond donors (Lipinski definition) is 1. The van der Waals surface area contributed by atoms with Gasteiger partial charge in [0, 0.05) is 6.54 Å². The lowest BCUT2D eigenvalue weighted by Gasteiger charge is -2.37. The third-order valence-corrected chi connectivity index (χ3v) is 7.61. The third kappa shape index (κ3) is 4.26. The summed E-state index contributed by atoms with van der Waals surface area (Å²) in [6.45, 7) is 4.20. The molecule has 3 aromatic rings. The van der Waals surface area contributed by atoms with Gasteiger partial charge in [0.25, 0.3) is 0 Å². The van der Waals surface area contributed by atoms with Crippen molar-refractivity contribution in [3.05, 3.63) is 95.0 Å². The number of para-hydroxylation sites is 1. The lowest BCUT2D eigenvalue weighted by atomic mass is 10.1. The number of nitrogens with zero attached hydrogens (tertiary/aromatic N) is 1. The predicted octanol–water partition coefficient (Wildman–Crippen LogP) is 5.34. The number of nitrogens with one attached hydrogen (secondary N) is 1. The number of hydrogen-bond acceptors (Lipinski definition) is 5. The zero-order valence-corrected chi connectivity index (χ0v) is 19.9. The SMILES string of the molecule is C=CCOc1c(Br)cc(C2Nc3ccccc3S(=O)(=O)N2Cc2ccccc2)cc1OC. The van der Waals surface area contributed by atoms with Crippen molar-refractivity contribution in [2.75, 3.05) is 19.0 Å². The van der Waals surface area contributed by atoms with Gasteiger partial charge in [-0.1, -0.05) is 55.1 Å². The molecule has 0 saturated heterocycles. The molecule has 0 bridgehead atoms. The molecule has 0 aromatic heterocycles. The van der Waals surface area contributed by atoms with Crippen molar-refractivity contribution < 1.29 is 17.9 Å². The van der Waals surface area contributed by atoms with Gasteiger partial charge in [0.15, 0.2) is 11.5 Å². The second-order valence-electron chi connectivity index (χ2n) is 7.21. The van der Waals surface area contributed by atoms with Crippen LogP contribution >= 0.6 is 15.9 Å². The van der Waals surface area contributed by atoms with Crippen LogP contribution in [-0.4, -0.2) is 26.4 Å². The van der Waals surface area contributed by atoms with Crippen LogP contribution in [0.4, 0.5) is 5.69 Å². The van der Waals surface area contributed by atoms with Gasteiger partial charge < -0.3 is 14.8 Å². The normalized spacial score (nSPS) is 17.1. The molecule has 0 fully saturated rings. The van der Waals surface area contributed by atoms with E-state index in [2.05, 4.69) is 27.8 Å². The first-order chi connectivity index (χ1) is 15.5. The second-order valence-corrected chi connectivity index (χ2v) is 9.93. The Labute approximate surface area is 196 Å². The van der Waals surface area contributed by atoms with Gasteiger partial charge in [-0.3, -0.25) is 0 Å². The maximum absolute atomic E-state index is 13.6. The number of sulfonamides is 1. The molecular formula is C24H23BrN2O4S. The predicted molar refractivity (Wildman–Crippen MR) is 128 cm³/mol. The van der Waals surface area contributed by atoms with Crippen LogP contribution < -0.4 is 14.8 Å². The number of ether oxygens (including phenoxy) is 2. The Balaban J connectivity index is 1.83. The minimum atomic E-state index is -3.76. The van der Waals surface area contributed by atoms with Crippen molar-refractivity contribution in [3.63, 3.8) is 0 Å². The maximum atomic E-state index is 13.6. The number of halogens is 1. The van der Waals surface area contributed by atoms with Gasteiger partial charge in [0.05, 0.1) is 17.3 Å². The fourth-order valence-electron chi connectivity index (χ4n) is 3.66. The molecule has 1 aliphatic rings. The average Bonchev–Trinajstić information content (AvgIpc) is 2.80. The first-order valence-corrected chi connectivity index (χ1v) is 12.2. The van der Waals surface area contributed by atoms with Crippen LogP contribution in [0.1, 0.15) is 17.3 Å². The van der Waals surface area contributed by atoms with E-state index in [4.69, 9.17) is 9.47 Å². The standard InChI is InChI=1S/C24H23BrN2O4S/c1-3-13-31-23-19(25)14-18(15-21(23)30-2)24-26-20-11-7-8-12-22(20)32(28,29)27(24)16-17-9-5-4-6-10-17/h3-12,14-15,24,26H,1,13,16H2,2H3. The molecule has 1 heterocycles. The van der Waals surface area contributed by atoms with Crippen LogP contribution in [0.15, 0.2) is 88.8 Å². The van der Waals surface area contributed by atoms with E-state index in [1.165, 1.54) is 4.31 Å². The van der Waals surface area contributed by atoms with Crippen LogP contribution in [0.2, 0.25) is 0 Å². The van der Waals surface area contributed by atoms with Gasteiger partial charge in [-0.25, -0.2) is 8.42 Å². The molecule has 1 N–H and O–H groups in total. The van der Waals surface area contributed by atoms with Crippen LogP contribution in [0.5, 0.6) is 11.5 Å². The maximum Gasteiger partial charge on any atom is 0.247 e. The molecule has 32 heavy (non-hydrogen) atoms. The van der Waals surface area contributed by atoms with E-state index in [0.717, 1.165) is 5.56 Å². The Hall–Kier alpha value is -2.81. The molecule has 1 unspecified atom stereocenters. The summed E-state index contributed by atoms with van der Waals surface area (Å²) >= 11 is 3.55. The summed E-state index contributed by atoms with van der Waals surface area (Å²) in [7, 11) is -2.21. The van der Waals surface area contributed by atoms with Gasteiger partial charge >= 0.3 is 0 Å². The Morgan fingerprint density at radius 2 is 1.84 bits per heavy atom. The Morgan fingerprint density at radius 3 is 2.56 bits per heavy atom. The number of rotatable bonds is 7. The first-order valence-electron chi connectivity index (χ1n) is 9.98. The van der Waals surface area contributed by atoms with Crippen molar-refractivity contribution in [3.8, 4) is 11.5 Å². The van der Waals surface area contributed by atoms with E-state index in [0.29, 0.717) is 33.8 Å². The smallest absolute Gasteiger partial charge is 0.247 e. The van der Waals surface area contributed by atoms with Crippen LogP contribution in [0.25, 0.3) is 0 Å². The summed E-state index contributed by atoms with van der Waals surface area (Å²) in [6, 6.07) is 20.1. The Kier molecular flexibility index (Phi) is 6.55. The molecule has 0 spiro atoms. The largest absolute Gasteiger partial charge is 0.493 e. The highest BCUT2D eigenvalue weighted by Gasteiger charge is 2.39. The highest BCUT2D eigenvalue weighted by molar-refractivity contribution is 9.10. The van der Waals surface area contributed by atoms with Crippen molar-refractivity contribution in [2.45, 2.75) is 17.6 Å². The molecule has 166 valence electrons. The van der Waals surface area contributed by atoms with E-state index < -0.39 is 16.2 Å². The lowest BCUT2D eigenvalue weighted by molar-refractivity contribution is 0.318. The lowest BCUT2D eigenvalue weighted by Crippen LogP contribution is -2.42. The van der Waals surface area contributed by atoms with Gasteiger partial charge in [0.2, 0.25) is 10.0 Å². The number of anilines is 1. The third-order valence-electron chi connectivity index (χ3n) is 5.15. The molecule has 0 amide bonds. The second kappa shape index (κ2) is 9.36. The minimum absolute atomic E-state index is 0.212. The molecule has 1 aliphatic heterocycles. The van der Waals surface area contributed by atoms with Crippen molar-refractivity contribution in [1.82, 2.24) is 4.31 Å². The summed E-state index contributed by atoms with van der Waals surface area (Å²) in [4.78, 5) is 0.254. The van der Waals surface area contributed by atoms with E-state index >= 15 is 0 Å². The van der Waals surface area contributed by atoms with Gasteiger partial charge in [-0.05, 0) is 51.3 Å². The fourth-order valence-corrected chi connectivity index (χ4v) is 5.92. The van der Waals surface area contributed by atoms with Crippen molar-refractivity contribution in [1.29, 1.82) is 0 Å². The van der Waals surface area contributed by atoms with Gasteiger partial charge in [0.1, 0.15) is 17.7 Å².